The van der Waals surface area contributed by atoms with Crippen molar-refractivity contribution in [1.82, 2.24) is 5.32 Å². The summed E-state index contributed by atoms with van der Waals surface area (Å²) in [5, 5.41) is 35.6. The largest absolute Gasteiger partial charge is 0.851 e. The fraction of sp³-hybridized carbons (Fsp3) is 0.650. The van der Waals surface area contributed by atoms with E-state index in [0.717, 1.165) is 125 Å². The molecule has 8 heteroatoms. The summed E-state index contributed by atoms with van der Waals surface area (Å²) in [4.78, 5) is 31.7. The first-order valence-corrected chi connectivity index (χ1v) is 19.1. The lowest BCUT2D eigenvalue weighted by molar-refractivity contribution is -0.536. The molecule has 1 aliphatic carbocycles. The molecule has 2 N–H and O–H groups in total. The number of hydrogen-bond acceptors (Lipinski definition) is 6. The molecule has 1 fully saturated rings. The molecule has 0 saturated heterocycles. The van der Waals surface area contributed by atoms with Crippen LogP contribution in [-0.2, 0) is 28.9 Å². The monoisotopic (exact) mass is 654 g/mol. The molecular formula is C40H54N4O4-2. The summed E-state index contributed by atoms with van der Waals surface area (Å²) in [6.07, 6.45) is 7.55. The highest BCUT2D eigenvalue weighted by Crippen LogP contribution is 2.53. The molecule has 2 aromatic rings. The van der Waals surface area contributed by atoms with Crippen LogP contribution in [0.15, 0.2) is 18.2 Å². The molecule has 1 saturated carbocycles. The van der Waals surface area contributed by atoms with Crippen molar-refractivity contribution in [2.45, 2.75) is 128 Å². The van der Waals surface area contributed by atoms with E-state index in [1.807, 2.05) is 13.8 Å². The molecule has 8 nitrogen and oxygen atoms in total. The number of aryl methyl sites for hydroxylation is 2. The van der Waals surface area contributed by atoms with Crippen LogP contribution >= 0.6 is 0 Å². The summed E-state index contributed by atoms with van der Waals surface area (Å²) in [5.74, 6) is -1.40. The maximum absolute atomic E-state index is 14.5. The van der Waals surface area contributed by atoms with Gasteiger partial charge in [-0.05, 0) is 116 Å². The van der Waals surface area contributed by atoms with Crippen LogP contribution in [0.2, 0.25) is 0 Å². The zero-order valence-corrected chi connectivity index (χ0v) is 29.4. The molecule has 7 rings (SSSR count). The van der Waals surface area contributed by atoms with Crippen LogP contribution in [0, 0.1) is 11.8 Å². The first-order chi connectivity index (χ1) is 23.3. The number of hydrogen-bond donors (Lipinski definition) is 2. The van der Waals surface area contributed by atoms with Gasteiger partial charge < -0.3 is 30.6 Å². The first-order valence-electron chi connectivity index (χ1n) is 19.1. The first kappa shape index (κ1) is 33.4. The topological polar surface area (TPSA) is 111 Å². The van der Waals surface area contributed by atoms with E-state index in [1.165, 1.54) is 22.5 Å². The molecule has 5 aliphatic rings. The second-order valence-electron chi connectivity index (χ2n) is 15.1. The lowest BCUT2D eigenvalue weighted by Crippen LogP contribution is -2.64. The SMILES string of the molecule is CCC(CC)C(=O)Nc1c(C2C([O-])C(c3cc4c5c(c3)C(NC(=O)C(CC)CC)CCN5CCC4)C2[O-])cc2c3c1CCCN3CCC2. The summed E-state index contributed by atoms with van der Waals surface area (Å²) >= 11 is 0. The van der Waals surface area contributed by atoms with Gasteiger partial charge in [-0.15, -0.1) is 12.2 Å². The van der Waals surface area contributed by atoms with Crippen LogP contribution in [0.25, 0.3) is 0 Å². The minimum absolute atomic E-state index is 0.00836. The Balaban J connectivity index is 1.24. The number of carbonyl (C=O) groups is 2. The summed E-state index contributed by atoms with van der Waals surface area (Å²) in [6.45, 7) is 12.1. The fourth-order valence-electron chi connectivity index (χ4n) is 9.70. The van der Waals surface area contributed by atoms with Gasteiger partial charge in [0.15, 0.2) is 0 Å². The summed E-state index contributed by atoms with van der Waals surface area (Å²) < 4.78 is 0. The highest BCUT2D eigenvalue weighted by Gasteiger charge is 2.43. The number of carbonyl (C=O) groups excluding carboxylic acids is 2. The van der Waals surface area contributed by atoms with Crippen LogP contribution in [0.4, 0.5) is 17.1 Å². The van der Waals surface area contributed by atoms with Crippen LogP contribution < -0.4 is 30.6 Å². The smallest absolute Gasteiger partial charge is 0.227 e. The summed E-state index contributed by atoms with van der Waals surface area (Å²) in [5.41, 5.74) is 9.42. The van der Waals surface area contributed by atoms with Gasteiger partial charge in [0.05, 0.1) is 6.04 Å². The standard InChI is InChI=1S/C40H54N4O4/c1-5-23(6-2)39(47)41-31-15-19-44-17-9-12-25-20-27(22-29(31)36(25)44)32-37(45)33(38(32)46)30-21-26-13-10-16-43-18-11-14-28(35(26)43)34(30)42-40(48)24(7-3)8-4/h20-24,31-33,37-38H,5-19H2,1-4H3,(H,41,47)(H,42,48)/q-2. The van der Waals surface area contributed by atoms with Gasteiger partial charge in [-0.2, -0.15) is 0 Å². The van der Waals surface area contributed by atoms with Crippen molar-refractivity contribution in [3.8, 4) is 0 Å². The van der Waals surface area contributed by atoms with Crippen molar-refractivity contribution < 1.29 is 19.8 Å². The predicted molar refractivity (Wildman–Crippen MR) is 188 cm³/mol. The molecule has 2 amide bonds. The van der Waals surface area contributed by atoms with E-state index in [0.29, 0.717) is 0 Å². The van der Waals surface area contributed by atoms with Gasteiger partial charge in [-0.1, -0.05) is 45.9 Å². The van der Waals surface area contributed by atoms with Crippen LogP contribution in [0.3, 0.4) is 0 Å². The predicted octanol–water partition coefficient (Wildman–Crippen LogP) is 4.85. The number of nitrogens with zero attached hydrogens (tertiary/aromatic N) is 2. The molecule has 0 radical (unpaired) electrons. The third kappa shape index (κ3) is 5.61. The highest BCUT2D eigenvalue weighted by atomic mass is 16.3. The Morgan fingerprint density at radius 3 is 1.96 bits per heavy atom. The van der Waals surface area contributed by atoms with Gasteiger partial charge in [0.25, 0.3) is 0 Å². The third-order valence-electron chi connectivity index (χ3n) is 12.5. The van der Waals surface area contributed by atoms with Gasteiger partial charge >= 0.3 is 0 Å². The minimum atomic E-state index is -1.10. The average Bonchev–Trinajstić information content (AvgIpc) is 3.09. The van der Waals surface area contributed by atoms with Crippen molar-refractivity contribution in [3.05, 3.63) is 51.6 Å². The van der Waals surface area contributed by atoms with Crippen molar-refractivity contribution in [3.63, 3.8) is 0 Å². The quantitative estimate of drug-likeness (QED) is 0.379. The fourth-order valence-corrected chi connectivity index (χ4v) is 9.70. The van der Waals surface area contributed by atoms with Gasteiger partial charge in [0, 0.05) is 55.1 Å². The van der Waals surface area contributed by atoms with Gasteiger partial charge in [0.1, 0.15) is 0 Å². The van der Waals surface area contributed by atoms with Crippen molar-refractivity contribution in [1.29, 1.82) is 0 Å². The van der Waals surface area contributed by atoms with Crippen molar-refractivity contribution in [2.24, 2.45) is 11.8 Å². The lowest BCUT2D eigenvalue weighted by atomic mass is 9.61. The van der Waals surface area contributed by atoms with E-state index in [4.69, 9.17) is 0 Å². The summed E-state index contributed by atoms with van der Waals surface area (Å²) in [7, 11) is 0. The molecule has 0 bridgehead atoms. The van der Waals surface area contributed by atoms with E-state index in [2.05, 4.69) is 52.5 Å². The molecule has 260 valence electrons. The van der Waals surface area contributed by atoms with Gasteiger partial charge in [-0.3, -0.25) is 9.59 Å². The van der Waals surface area contributed by atoms with Crippen LogP contribution in [0.1, 0.15) is 130 Å². The Hall–Kier alpha value is -3.10. The van der Waals surface area contributed by atoms with Gasteiger partial charge in [0.2, 0.25) is 11.8 Å². The van der Waals surface area contributed by atoms with E-state index in [1.54, 1.807) is 0 Å². The van der Waals surface area contributed by atoms with Gasteiger partial charge in [-0.25, -0.2) is 0 Å². The Morgan fingerprint density at radius 2 is 1.31 bits per heavy atom. The molecule has 0 spiro atoms. The summed E-state index contributed by atoms with van der Waals surface area (Å²) in [6, 6.07) is 6.23. The molecule has 48 heavy (non-hydrogen) atoms. The van der Waals surface area contributed by atoms with Crippen molar-refractivity contribution >= 4 is 28.9 Å². The maximum atomic E-state index is 14.5. The molecule has 4 heterocycles. The number of nitrogens with one attached hydrogen (secondary N) is 2. The van der Waals surface area contributed by atoms with Crippen LogP contribution in [-0.4, -0.2) is 50.2 Å². The van der Waals surface area contributed by atoms with Crippen LogP contribution in [0.5, 0.6) is 0 Å². The molecule has 0 aromatic heterocycles. The zero-order chi connectivity index (χ0) is 33.7. The molecular weight excluding hydrogens is 600 g/mol. The Labute approximate surface area is 286 Å². The number of amides is 2. The van der Waals surface area contributed by atoms with E-state index in [-0.39, 0.29) is 29.7 Å². The Kier molecular flexibility index (Phi) is 9.51. The second-order valence-corrected chi connectivity index (χ2v) is 15.1. The average molecular weight is 655 g/mol. The van der Waals surface area contributed by atoms with Crippen molar-refractivity contribution in [2.75, 3.05) is 41.3 Å². The zero-order valence-electron chi connectivity index (χ0n) is 29.4. The number of anilines is 3. The van der Waals surface area contributed by atoms with E-state index >= 15 is 0 Å². The third-order valence-corrected chi connectivity index (χ3v) is 12.5. The molecule has 2 aromatic carbocycles. The molecule has 3 unspecified atom stereocenters. The molecule has 3 atom stereocenters. The number of benzene rings is 2. The number of rotatable bonds is 10. The van der Waals surface area contributed by atoms with E-state index in [9.17, 15) is 19.8 Å². The highest BCUT2D eigenvalue weighted by molar-refractivity contribution is 5.96. The molecule has 4 aliphatic heterocycles. The normalized spacial score (nSPS) is 25.8. The lowest BCUT2D eigenvalue weighted by Gasteiger charge is -2.62. The minimum Gasteiger partial charge on any atom is -0.851 e. The van der Waals surface area contributed by atoms with E-state index < -0.39 is 24.0 Å². The Morgan fingerprint density at radius 1 is 0.729 bits per heavy atom. The Bertz CT molecular complexity index is 1540. The maximum Gasteiger partial charge on any atom is 0.227 e. The second kappa shape index (κ2) is 13.7.